The van der Waals surface area contributed by atoms with Crippen molar-refractivity contribution in [2.45, 2.75) is 40.8 Å². The summed E-state index contributed by atoms with van der Waals surface area (Å²) in [4.78, 5) is 11.6. The molecule has 2 aromatic rings. The van der Waals surface area contributed by atoms with E-state index in [1.54, 1.807) is 19.1 Å². The Bertz CT molecular complexity index is 931. The van der Waals surface area contributed by atoms with Gasteiger partial charge in [-0.2, -0.15) is 13.2 Å². The van der Waals surface area contributed by atoms with Crippen molar-refractivity contribution < 1.29 is 26.9 Å². The van der Waals surface area contributed by atoms with Gasteiger partial charge in [0.05, 0.1) is 11.3 Å². The molecule has 0 fully saturated rings. The largest absolute Gasteiger partial charge is 0.431 e. The first-order valence-electron chi connectivity index (χ1n) is 9.35. The second-order valence-electron chi connectivity index (χ2n) is 7.10. The number of rotatable bonds is 3. The van der Waals surface area contributed by atoms with Crippen molar-refractivity contribution in [2.75, 3.05) is 7.05 Å². The van der Waals surface area contributed by atoms with Crippen LogP contribution in [-0.2, 0) is 0 Å². The van der Waals surface area contributed by atoms with E-state index in [0.29, 0.717) is 16.8 Å². The summed E-state index contributed by atoms with van der Waals surface area (Å²) in [7, 11) is 1.31. The molecule has 0 bridgehead atoms. The number of nitrogens with zero attached hydrogens (tertiary/aromatic N) is 1. The van der Waals surface area contributed by atoms with Gasteiger partial charge in [0.2, 0.25) is 0 Å². The van der Waals surface area contributed by atoms with Gasteiger partial charge in [0, 0.05) is 23.8 Å². The molecule has 0 unspecified atom stereocenters. The Morgan fingerprint density at radius 3 is 2.19 bits per heavy atom. The first-order chi connectivity index (χ1) is 14.7. The summed E-state index contributed by atoms with van der Waals surface area (Å²) in [5, 5.41) is 13.2. The predicted octanol–water partition coefficient (Wildman–Crippen LogP) is 5.67. The Morgan fingerprint density at radius 1 is 1.28 bits per heavy atom. The zero-order valence-electron chi connectivity index (χ0n) is 18.6. The molecule has 0 saturated carbocycles. The van der Waals surface area contributed by atoms with Gasteiger partial charge < -0.3 is 21.0 Å². The van der Waals surface area contributed by atoms with Crippen LogP contribution in [0.25, 0.3) is 5.57 Å². The first-order valence-corrected chi connectivity index (χ1v) is 9.73. The van der Waals surface area contributed by atoms with Crippen LogP contribution < -0.4 is 11.1 Å². The van der Waals surface area contributed by atoms with Crippen molar-refractivity contribution in [3.05, 3.63) is 57.3 Å². The third-order valence-corrected chi connectivity index (χ3v) is 3.91. The fourth-order valence-electron chi connectivity index (χ4n) is 1.95. The van der Waals surface area contributed by atoms with E-state index in [2.05, 4.69) is 35.8 Å². The van der Waals surface area contributed by atoms with Crippen LogP contribution >= 0.6 is 11.6 Å². The molecule has 11 heteroatoms. The molecule has 1 heterocycles. The van der Waals surface area contributed by atoms with Crippen LogP contribution in [0.15, 0.2) is 28.4 Å². The van der Waals surface area contributed by atoms with Crippen LogP contribution in [0.5, 0.6) is 0 Å². The number of aryl methyl sites for hydroxylation is 1. The zero-order chi connectivity index (χ0) is 25.2. The zero-order valence-corrected chi connectivity index (χ0v) is 19.4. The highest BCUT2D eigenvalue weighted by molar-refractivity contribution is 6.31. The molecule has 4 N–H and O–H groups in total. The molecule has 6 nitrogen and oxygen atoms in total. The quantitative estimate of drug-likeness (QED) is 0.390. The number of halogens is 5. The maximum atomic E-state index is 12.5. The van der Waals surface area contributed by atoms with Gasteiger partial charge in [0.15, 0.2) is 5.76 Å². The second-order valence-corrected chi connectivity index (χ2v) is 7.51. The third-order valence-electron chi connectivity index (χ3n) is 3.50. The monoisotopic (exact) mass is 478 g/mol. The standard InChI is InChI=1S/C10H11F3N4O2.C7H6ClF.C4H10/c1-4-6(9(18)16-2)7(19-17-4)5(3-14)8(15)10(11,12)13;1-5-6(8)3-2-4-7(5)9;1-4(2)3/h3,14H,15H2,1-2H3,(H,16,18);2-4H,1H3;4H,1-3H3/b8-5+,14-3?;;. The van der Waals surface area contributed by atoms with E-state index in [0.717, 1.165) is 5.92 Å². The Hall–Kier alpha value is -2.88. The molecule has 1 amide bonds. The molecule has 0 aliphatic heterocycles. The number of nitrogens with one attached hydrogen (secondary N) is 2. The summed E-state index contributed by atoms with van der Waals surface area (Å²) in [5.41, 5.74) is 3.10. The number of alkyl halides is 3. The van der Waals surface area contributed by atoms with Crippen molar-refractivity contribution in [3.8, 4) is 0 Å². The number of amides is 1. The fourth-order valence-corrected chi connectivity index (χ4v) is 2.11. The van der Waals surface area contributed by atoms with Gasteiger partial charge in [-0.3, -0.25) is 4.79 Å². The minimum Gasteiger partial charge on any atom is -0.394 e. The van der Waals surface area contributed by atoms with Gasteiger partial charge in [-0.15, -0.1) is 0 Å². The number of allylic oxidation sites excluding steroid dienone is 2. The second kappa shape index (κ2) is 12.8. The van der Waals surface area contributed by atoms with Crippen molar-refractivity contribution >= 4 is 29.3 Å². The molecule has 178 valence electrons. The van der Waals surface area contributed by atoms with Gasteiger partial charge in [0.25, 0.3) is 5.91 Å². The van der Waals surface area contributed by atoms with E-state index in [-0.39, 0.29) is 17.1 Å². The van der Waals surface area contributed by atoms with Crippen LogP contribution in [0.3, 0.4) is 0 Å². The Kier molecular flexibility index (Phi) is 11.7. The number of carbonyl (C=O) groups is 1. The van der Waals surface area contributed by atoms with E-state index in [9.17, 15) is 22.4 Å². The average molecular weight is 479 g/mol. The van der Waals surface area contributed by atoms with Crippen molar-refractivity contribution in [2.24, 2.45) is 11.7 Å². The van der Waals surface area contributed by atoms with Gasteiger partial charge in [-0.25, -0.2) is 4.39 Å². The predicted molar refractivity (Wildman–Crippen MR) is 117 cm³/mol. The molecule has 1 aromatic carbocycles. The van der Waals surface area contributed by atoms with E-state index in [1.807, 2.05) is 0 Å². The molecule has 1 aromatic heterocycles. The minimum absolute atomic E-state index is 0.101. The SMILES string of the molecule is CC(C)C.CNC(=O)c1c(C)noc1/C(C=N)=C(/N)C(F)(F)F.Cc1c(F)cccc1Cl. The highest BCUT2D eigenvalue weighted by atomic mass is 35.5. The molecule has 2 rings (SSSR count). The number of carbonyl (C=O) groups excluding carboxylic acids is 1. The van der Waals surface area contributed by atoms with Crippen LogP contribution in [0.2, 0.25) is 5.02 Å². The lowest BCUT2D eigenvalue weighted by Crippen LogP contribution is -2.23. The highest BCUT2D eigenvalue weighted by Crippen LogP contribution is 2.30. The lowest BCUT2D eigenvalue weighted by molar-refractivity contribution is -0.0919. The Morgan fingerprint density at radius 2 is 1.81 bits per heavy atom. The summed E-state index contributed by atoms with van der Waals surface area (Å²) in [6.07, 6.45) is -4.47. The number of benzene rings is 1. The van der Waals surface area contributed by atoms with Crippen molar-refractivity contribution in [3.63, 3.8) is 0 Å². The summed E-state index contributed by atoms with van der Waals surface area (Å²) in [6.45, 7) is 9.54. The lowest BCUT2D eigenvalue weighted by Gasteiger charge is -2.09. The van der Waals surface area contributed by atoms with E-state index >= 15 is 0 Å². The molecular weight excluding hydrogens is 452 g/mol. The van der Waals surface area contributed by atoms with Crippen LogP contribution in [0.4, 0.5) is 17.6 Å². The van der Waals surface area contributed by atoms with E-state index < -0.39 is 29.1 Å². The van der Waals surface area contributed by atoms with E-state index in [1.165, 1.54) is 20.0 Å². The summed E-state index contributed by atoms with van der Waals surface area (Å²) in [5.74, 6) is -0.577. The number of aromatic nitrogens is 1. The van der Waals surface area contributed by atoms with Crippen molar-refractivity contribution in [1.29, 1.82) is 5.41 Å². The molecule has 0 radical (unpaired) electrons. The van der Waals surface area contributed by atoms with Gasteiger partial charge in [-0.05, 0) is 31.9 Å². The number of nitrogens with two attached hydrogens (primary N) is 1. The normalized spacial score (nSPS) is 11.5. The maximum absolute atomic E-state index is 12.5. The van der Waals surface area contributed by atoms with Crippen LogP contribution in [0.1, 0.15) is 48.1 Å². The fraction of sp³-hybridized carbons (Fsp3) is 0.381. The number of hydrogen-bond donors (Lipinski definition) is 3. The van der Waals surface area contributed by atoms with Crippen LogP contribution in [0, 0.1) is 31.0 Å². The maximum Gasteiger partial charge on any atom is 0.431 e. The van der Waals surface area contributed by atoms with Gasteiger partial charge in [0.1, 0.15) is 17.1 Å². The lowest BCUT2D eigenvalue weighted by atomic mass is 10.1. The number of hydrogen-bond acceptors (Lipinski definition) is 5. The Balaban J connectivity index is 0.000000608. The molecule has 0 aliphatic carbocycles. The van der Waals surface area contributed by atoms with Gasteiger partial charge in [-0.1, -0.05) is 43.6 Å². The first kappa shape index (κ1) is 29.1. The Labute approximate surface area is 189 Å². The summed E-state index contributed by atoms with van der Waals surface area (Å²) >= 11 is 5.57. The molecule has 0 spiro atoms. The molecule has 0 atom stereocenters. The summed E-state index contributed by atoms with van der Waals surface area (Å²) < 4.78 is 54.8. The molecule has 0 aliphatic rings. The topological polar surface area (TPSA) is 105 Å². The highest BCUT2D eigenvalue weighted by Gasteiger charge is 2.36. The third kappa shape index (κ3) is 8.70. The smallest absolute Gasteiger partial charge is 0.394 e. The average Bonchev–Trinajstić information content (AvgIpc) is 3.06. The summed E-state index contributed by atoms with van der Waals surface area (Å²) in [6, 6.07) is 4.64. The van der Waals surface area contributed by atoms with Gasteiger partial charge >= 0.3 is 6.18 Å². The van der Waals surface area contributed by atoms with Crippen LogP contribution in [-0.4, -0.2) is 30.5 Å². The van der Waals surface area contributed by atoms with Crippen molar-refractivity contribution in [1.82, 2.24) is 10.5 Å². The molecular formula is C21H27ClF4N4O2. The molecule has 0 saturated heterocycles. The molecule has 32 heavy (non-hydrogen) atoms. The van der Waals surface area contributed by atoms with E-state index in [4.69, 9.17) is 22.7 Å². The minimum atomic E-state index is -4.84.